The van der Waals surface area contributed by atoms with Gasteiger partial charge in [-0.05, 0) is 43.2 Å². The second-order valence-electron chi connectivity index (χ2n) is 6.61. The molecule has 2 heterocycles. The van der Waals surface area contributed by atoms with Gasteiger partial charge in [-0.3, -0.25) is 14.9 Å². The maximum absolute atomic E-state index is 12.8. The van der Waals surface area contributed by atoms with E-state index in [0.717, 1.165) is 23.5 Å². The molecule has 1 atom stereocenters. The lowest BCUT2D eigenvalue weighted by Crippen LogP contribution is -2.28. The molecule has 0 spiro atoms. The van der Waals surface area contributed by atoms with Crippen molar-refractivity contribution in [1.82, 2.24) is 4.90 Å². The Morgan fingerprint density at radius 2 is 2.00 bits per heavy atom. The standard InChI is InChI=1S/C19H18N2O5/c1-12-8-14(2-4-16(12)21(23)24)19(22)20-7-6-15(10-20)13-3-5-17-18(9-13)26-11-25-17/h2-5,8-9,15H,6-7,10-11H2,1H3. The van der Waals surface area contributed by atoms with Crippen LogP contribution >= 0.6 is 0 Å². The smallest absolute Gasteiger partial charge is 0.272 e. The zero-order valence-electron chi connectivity index (χ0n) is 14.3. The van der Waals surface area contributed by atoms with Crippen molar-refractivity contribution in [2.75, 3.05) is 19.9 Å². The van der Waals surface area contributed by atoms with Crippen LogP contribution in [0.15, 0.2) is 36.4 Å². The lowest BCUT2D eigenvalue weighted by molar-refractivity contribution is -0.385. The van der Waals surface area contributed by atoms with Gasteiger partial charge in [-0.15, -0.1) is 0 Å². The molecule has 0 aromatic heterocycles. The monoisotopic (exact) mass is 354 g/mol. The van der Waals surface area contributed by atoms with Crippen LogP contribution in [0.5, 0.6) is 11.5 Å². The van der Waals surface area contributed by atoms with Crippen molar-refractivity contribution in [3.05, 3.63) is 63.2 Å². The van der Waals surface area contributed by atoms with Gasteiger partial charge in [-0.2, -0.15) is 0 Å². The molecule has 1 unspecified atom stereocenters. The second kappa shape index (κ2) is 6.33. The minimum atomic E-state index is -0.435. The van der Waals surface area contributed by atoms with E-state index in [9.17, 15) is 14.9 Å². The van der Waals surface area contributed by atoms with E-state index < -0.39 is 4.92 Å². The van der Waals surface area contributed by atoms with E-state index in [1.54, 1.807) is 17.9 Å². The van der Waals surface area contributed by atoms with Gasteiger partial charge in [-0.1, -0.05) is 6.07 Å². The summed E-state index contributed by atoms with van der Waals surface area (Å²) in [6, 6.07) is 10.4. The first-order valence-corrected chi connectivity index (χ1v) is 8.47. The molecule has 2 aromatic carbocycles. The number of benzene rings is 2. The van der Waals surface area contributed by atoms with Gasteiger partial charge in [0.25, 0.3) is 11.6 Å². The van der Waals surface area contributed by atoms with Crippen LogP contribution in [0, 0.1) is 17.0 Å². The molecular formula is C19H18N2O5. The molecule has 1 fully saturated rings. The Labute approximate surface area is 150 Å². The SMILES string of the molecule is Cc1cc(C(=O)N2CCC(c3ccc4c(c3)OCO4)C2)ccc1[N+](=O)[O-]. The summed E-state index contributed by atoms with van der Waals surface area (Å²) in [6.45, 7) is 3.17. The fourth-order valence-electron chi connectivity index (χ4n) is 3.56. The predicted molar refractivity (Wildman–Crippen MR) is 93.7 cm³/mol. The molecule has 7 nitrogen and oxygen atoms in total. The molecule has 1 saturated heterocycles. The van der Waals surface area contributed by atoms with E-state index in [1.165, 1.54) is 12.1 Å². The van der Waals surface area contributed by atoms with Crippen LogP contribution in [0.4, 0.5) is 5.69 Å². The van der Waals surface area contributed by atoms with Crippen molar-refractivity contribution < 1.29 is 19.2 Å². The molecule has 2 aromatic rings. The van der Waals surface area contributed by atoms with Crippen molar-refractivity contribution in [2.24, 2.45) is 0 Å². The fourth-order valence-corrected chi connectivity index (χ4v) is 3.56. The number of carbonyl (C=O) groups excluding carboxylic acids is 1. The number of hydrogen-bond acceptors (Lipinski definition) is 5. The molecule has 0 radical (unpaired) electrons. The largest absolute Gasteiger partial charge is 0.454 e. The Hall–Kier alpha value is -3.09. The van der Waals surface area contributed by atoms with Gasteiger partial charge in [0.05, 0.1) is 4.92 Å². The first-order chi connectivity index (χ1) is 12.5. The lowest BCUT2D eigenvalue weighted by atomic mass is 9.98. The van der Waals surface area contributed by atoms with Gasteiger partial charge >= 0.3 is 0 Å². The number of ether oxygens (including phenoxy) is 2. The van der Waals surface area contributed by atoms with Gasteiger partial charge in [0.2, 0.25) is 6.79 Å². The zero-order valence-corrected chi connectivity index (χ0v) is 14.3. The number of carbonyl (C=O) groups is 1. The van der Waals surface area contributed by atoms with E-state index in [1.807, 2.05) is 18.2 Å². The summed E-state index contributed by atoms with van der Waals surface area (Å²) in [5.74, 6) is 1.65. The number of nitro benzene ring substituents is 1. The predicted octanol–water partition coefficient (Wildman–Crippen LogP) is 3.26. The summed E-state index contributed by atoms with van der Waals surface area (Å²) >= 11 is 0. The van der Waals surface area contributed by atoms with Crippen LogP contribution < -0.4 is 9.47 Å². The molecule has 26 heavy (non-hydrogen) atoms. The van der Waals surface area contributed by atoms with Crippen LogP contribution in [-0.2, 0) is 0 Å². The average molecular weight is 354 g/mol. The highest BCUT2D eigenvalue weighted by atomic mass is 16.7. The quantitative estimate of drug-likeness (QED) is 0.624. The van der Waals surface area contributed by atoms with Gasteiger partial charge < -0.3 is 14.4 Å². The molecule has 7 heteroatoms. The van der Waals surface area contributed by atoms with Crippen LogP contribution in [0.3, 0.4) is 0 Å². The third kappa shape index (κ3) is 2.85. The molecule has 134 valence electrons. The van der Waals surface area contributed by atoms with Crippen molar-refractivity contribution >= 4 is 11.6 Å². The summed E-state index contributed by atoms with van der Waals surface area (Å²) in [6.07, 6.45) is 0.872. The number of likely N-dealkylation sites (tertiary alicyclic amines) is 1. The number of aryl methyl sites for hydroxylation is 1. The highest BCUT2D eigenvalue weighted by Gasteiger charge is 2.29. The average Bonchev–Trinajstić information content (AvgIpc) is 3.29. The van der Waals surface area contributed by atoms with E-state index in [0.29, 0.717) is 24.2 Å². The molecule has 0 aliphatic carbocycles. The number of hydrogen-bond donors (Lipinski definition) is 0. The molecule has 2 aliphatic rings. The number of nitro groups is 1. The Morgan fingerprint density at radius 3 is 2.77 bits per heavy atom. The maximum atomic E-state index is 12.8. The molecule has 0 bridgehead atoms. The van der Waals surface area contributed by atoms with Crippen molar-refractivity contribution in [3.63, 3.8) is 0 Å². The number of rotatable bonds is 3. The zero-order chi connectivity index (χ0) is 18.3. The summed E-state index contributed by atoms with van der Waals surface area (Å²) in [5.41, 5.74) is 2.14. The van der Waals surface area contributed by atoms with Crippen LogP contribution in [-0.4, -0.2) is 35.6 Å². The Morgan fingerprint density at radius 1 is 1.19 bits per heavy atom. The van der Waals surface area contributed by atoms with E-state index in [4.69, 9.17) is 9.47 Å². The van der Waals surface area contributed by atoms with Gasteiger partial charge in [0.1, 0.15) is 0 Å². The Balaban J connectivity index is 1.49. The van der Waals surface area contributed by atoms with Crippen LogP contribution in [0.25, 0.3) is 0 Å². The molecular weight excluding hydrogens is 336 g/mol. The van der Waals surface area contributed by atoms with Crippen molar-refractivity contribution in [3.8, 4) is 11.5 Å². The summed E-state index contributed by atoms with van der Waals surface area (Å²) < 4.78 is 10.8. The van der Waals surface area contributed by atoms with Crippen molar-refractivity contribution in [2.45, 2.75) is 19.3 Å². The van der Waals surface area contributed by atoms with Crippen molar-refractivity contribution in [1.29, 1.82) is 0 Å². The van der Waals surface area contributed by atoms with Gasteiger partial charge in [0.15, 0.2) is 11.5 Å². The third-order valence-electron chi connectivity index (χ3n) is 4.98. The number of amides is 1. The first-order valence-electron chi connectivity index (χ1n) is 8.47. The fraction of sp³-hybridized carbons (Fsp3) is 0.316. The summed E-state index contributed by atoms with van der Waals surface area (Å²) in [5, 5.41) is 10.9. The molecule has 1 amide bonds. The third-order valence-corrected chi connectivity index (χ3v) is 4.98. The maximum Gasteiger partial charge on any atom is 0.272 e. The number of fused-ring (bicyclic) bond motifs is 1. The Bertz CT molecular complexity index is 895. The van der Waals surface area contributed by atoms with Gasteiger partial charge in [-0.25, -0.2) is 0 Å². The first kappa shape index (κ1) is 16.4. The normalized spacial score (nSPS) is 18.2. The summed E-state index contributed by atoms with van der Waals surface area (Å²) in [4.78, 5) is 25.1. The molecule has 0 N–H and O–H groups in total. The molecule has 0 saturated carbocycles. The Kier molecular flexibility index (Phi) is 3.99. The van der Waals surface area contributed by atoms with E-state index >= 15 is 0 Å². The van der Waals surface area contributed by atoms with E-state index in [-0.39, 0.29) is 24.3 Å². The summed E-state index contributed by atoms with van der Waals surface area (Å²) in [7, 11) is 0. The minimum absolute atomic E-state index is 0.0289. The minimum Gasteiger partial charge on any atom is -0.454 e. The second-order valence-corrected chi connectivity index (χ2v) is 6.61. The molecule has 2 aliphatic heterocycles. The highest BCUT2D eigenvalue weighted by molar-refractivity contribution is 5.95. The van der Waals surface area contributed by atoms with E-state index in [2.05, 4.69) is 0 Å². The highest BCUT2D eigenvalue weighted by Crippen LogP contribution is 2.37. The van der Waals surface area contributed by atoms with Gasteiger partial charge in [0, 0.05) is 36.2 Å². The topological polar surface area (TPSA) is 81.9 Å². The van der Waals surface area contributed by atoms with Crippen LogP contribution in [0.1, 0.15) is 33.8 Å². The lowest BCUT2D eigenvalue weighted by Gasteiger charge is -2.17. The molecule has 4 rings (SSSR count). The van der Waals surface area contributed by atoms with Crippen LogP contribution in [0.2, 0.25) is 0 Å². The number of nitrogens with zero attached hydrogens (tertiary/aromatic N) is 2.